The number of nitrogens with zero attached hydrogens (tertiary/aromatic N) is 3. The number of fused-ring (bicyclic) bond motifs is 2. The molecule has 2 amide bonds. The molecular weight excluding hydrogens is 424 g/mol. The van der Waals surface area contributed by atoms with E-state index in [1.807, 2.05) is 36.1 Å². The van der Waals surface area contributed by atoms with E-state index in [1.165, 1.54) is 11.1 Å². The molecule has 0 aliphatic carbocycles. The van der Waals surface area contributed by atoms with E-state index in [-0.39, 0.29) is 11.8 Å². The molecule has 0 saturated heterocycles. The maximum Gasteiger partial charge on any atom is 0.278 e. The molecule has 5 rings (SSSR count). The number of carbonyl (C=O) groups is 2. The largest absolute Gasteiger partial charge is 0.352 e. The number of aliphatic imine (C=N–C) groups is 1. The molecule has 0 bridgehead atoms. The molecule has 34 heavy (non-hydrogen) atoms. The number of amides is 2. The average Bonchev–Trinajstić information content (AvgIpc) is 3.13. The van der Waals surface area contributed by atoms with Crippen LogP contribution in [0, 0.1) is 0 Å². The van der Waals surface area contributed by atoms with Gasteiger partial charge in [0.25, 0.3) is 11.8 Å². The number of anilines is 1. The van der Waals surface area contributed by atoms with Crippen LogP contribution in [-0.4, -0.2) is 42.2 Å². The van der Waals surface area contributed by atoms with Crippen LogP contribution in [0.2, 0.25) is 0 Å². The van der Waals surface area contributed by atoms with Gasteiger partial charge in [-0.25, -0.2) is 4.99 Å². The predicted molar refractivity (Wildman–Crippen MR) is 135 cm³/mol. The van der Waals surface area contributed by atoms with Gasteiger partial charge < -0.3 is 5.32 Å². The van der Waals surface area contributed by atoms with Gasteiger partial charge >= 0.3 is 0 Å². The van der Waals surface area contributed by atoms with E-state index in [0.717, 1.165) is 37.2 Å². The lowest BCUT2D eigenvalue weighted by molar-refractivity contribution is -0.112. The lowest BCUT2D eigenvalue weighted by Crippen LogP contribution is -2.43. The zero-order valence-corrected chi connectivity index (χ0v) is 19.3. The molecule has 3 aromatic rings. The summed E-state index contributed by atoms with van der Waals surface area (Å²) in [5, 5.41) is 2.87. The highest BCUT2D eigenvalue weighted by atomic mass is 16.2. The molecule has 0 atom stereocenters. The summed E-state index contributed by atoms with van der Waals surface area (Å²) >= 11 is 0. The highest BCUT2D eigenvalue weighted by molar-refractivity contribution is 6.54. The van der Waals surface area contributed by atoms with E-state index in [2.05, 4.69) is 34.5 Å². The molecule has 2 heterocycles. The highest BCUT2D eigenvalue weighted by Crippen LogP contribution is 2.32. The van der Waals surface area contributed by atoms with Gasteiger partial charge in [0.1, 0.15) is 5.71 Å². The third-order valence-corrected chi connectivity index (χ3v) is 6.35. The van der Waals surface area contributed by atoms with Crippen LogP contribution in [0.15, 0.2) is 77.8 Å². The van der Waals surface area contributed by atoms with Gasteiger partial charge in [-0.1, -0.05) is 49.4 Å². The molecule has 6 heteroatoms. The van der Waals surface area contributed by atoms with Gasteiger partial charge in [0.15, 0.2) is 0 Å². The zero-order valence-electron chi connectivity index (χ0n) is 19.3. The van der Waals surface area contributed by atoms with Crippen LogP contribution in [-0.2, 0) is 17.8 Å². The molecule has 6 nitrogen and oxygen atoms in total. The first-order valence-corrected chi connectivity index (χ1v) is 11.8. The van der Waals surface area contributed by atoms with E-state index in [4.69, 9.17) is 4.99 Å². The van der Waals surface area contributed by atoms with Gasteiger partial charge in [0.2, 0.25) is 0 Å². The third-order valence-electron chi connectivity index (χ3n) is 6.35. The third kappa shape index (κ3) is 4.37. The molecule has 0 saturated carbocycles. The van der Waals surface area contributed by atoms with Gasteiger partial charge in [-0.2, -0.15) is 0 Å². The second-order valence-corrected chi connectivity index (χ2v) is 8.73. The van der Waals surface area contributed by atoms with Crippen LogP contribution in [0.25, 0.3) is 0 Å². The topological polar surface area (TPSA) is 65.0 Å². The van der Waals surface area contributed by atoms with Crippen LogP contribution in [0.1, 0.15) is 40.4 Å². The Hall–Kier alpha value is -3.77. The fourth-order valence-electron chi connectivity index (χ4n) is 4.54. The number of nitrogens with one attached hydrogen (secondary N) is 1. The van der Waals surface area contributed by atoms with Crippen LogP contribution < -0.4 is 10.2 Å². The lowest BCUT2D eigenvalue weighted by atomic mass is 10.0. The van der Waals surface area contributed by atoms with Crippen molar-refractivity contribution >= 4 is 28.9 Å². The molecule has 0 unspecified atom stereocenters. The highest BCUT2D eigenvalue weighted by Gasteiger charge is 2.35. The summed E-state index contributed by atoms with van der Waals surface area (Å²) in [6.45, 7) is 4.93. The molecular formula is C28H28N4O2. The minimum absolute atomic E-state index is 0.0928. The summed E-state index contributed by atoms with van der Waals surface area (Å²) in [5.74, 6) is -0.192. The Balaban J connectivity index is 1.37. The van der Waals surface area contributed by atoms with Crippen molar-refractivity contribution in [3.63, 3.8) is 0 Å². The van der Waals surface area contributed by atoms with Crippen molar-refractivity contribution < 1.29 is 9.59 Å². The molecule has 0 fully saturated rings. The molecule has 0 spiro atoms. The maximum absolute atomic E-state index is 13.5. The van der Waals surface area contributed by atoms with E-state index < -0.39 is 0 Å². The Labute approximate surface area is 199 Å². The SMILES string of the molecule is CCCNC(=O)c1ccc(N=C2C(=O)N(CN3CCc4ccccc4C3)c3ccccc32)cc1. The summed E-state index contributed by atoms with van der Waals surface area (Å²) in [6, 6.07) is 23.4. The van der Waals surface area contributed by atoms with Gasteiger partial charge in [-0.05, 0) is 54.3 Å². The first-order chi connectivity index (χ1) is 16.6. The Morgan fingerprint density at radius 2 is 1.71 bits per heavy atom. The number of carbonyl (C=O) groups excluding carboxylic acids is 2. The molecule has 1 N–H and O–H groups in total. The fourth-order valence-corrected chi connectivity index (χ4v) is 4.54. The molecule has 172 valence electrons. The summed E-state index contributed by atoms with van der Waals surface area (Å²) in [4.78, 5) is 34.5. The van der Waals surface area contributed by atoms with Crippen molar-refractivity contribution in [3.8, 4) is 0 Å². The minimum atomic E-state index is -0.0994. The number of benzene rings is 3. The summed E-state index contributed by atoms with van der Waals surface area (Å²) in [7, 11) is 0. The number of hydrogen-bond donors (Lipinski definition) is 1. The first kappa shape index (κ1) is 22.0. The van der Waals surface area contributed by atoms with Crippen LogP contribution >= 0.6 is 0 Å². The lowest BCUT2D eigenvalue weighted by Gasteiger charge is -2.32. The molecule has 3 aromatic carbocycles. The Morgan fingerprint density at radius 3 is 2.50 bits per heavy atom. The minimum Gasteiger partial charge on any atom is -0.352 e. The van der Waals surface area contributed by atoms with Gasteiger partial charge in [0, 0.05) is 30.8 Å². The maximum atomic E-state index is 13.5. The summed E-state index contributed by atoms with van der Waals surface area (Å²) in [6.07, 6.45) is 1.87. The van der Waals surface area contributed by atoms with Crippen molar-refractivity contribution in [3.05, 3.63) is 95.1 Å². The van der Waals surface area contributed by atoms with E-state index in [0.29, 0.717) is 30.2 Å². The van der Waals surface area contributed by atoms with Crippen molar-refractivity contribution in [1.82, 2.24) is 10.2 Å². The number of para-hydroxylation sites is 1. The van der Waals surface area contributed by atoms with Crippen molar-refractivity contribution in [2.24, 2.45) is 4.99 Å². The first-order valence-electron chi connectivity index (χ1n) is 11.8. The van der Waals surface area contributed by atoms with Crippen LogP contribution in [0.5, 0.6) is 0 Å². The molecule has 2 aliphatic rings. The second-order valence-electron chi connectivity index (χ2n) is 8.73. The monoisotopic (exact) mass is 452 g/mol. The second kappa shape index (κ2) is 9.61. The number of hydrogen-bond acceptors (Lipinski definition) is 4. The van der Waals surface area contributed by atoms with Gasteiger partial charge in [0.05, 0.1) is 18.0 Å². The van der Waals surface area contributed by atoms with Crippen LogP contribution in [0.3, 0.4) is 0 Å². The predicted octanol–water partition coefficient (Wildman–Crippen LogP) is 4.31. The normalized spacial score (nSPS) is 16.4. The standard InChI is InChI=1S/C28H28N4O2/c1-2-16-29-27(33)21-11-13-23(14-12-21)30-26-24-9-5-6-10-25(24)32(28(26)34)19-31-17-15-20-7-3-4-8-22(20)18-31/h3-14H,2,15-19H2,1H3,(H,29,33). The average molecular weight is 453 g/mol. The summed E-state index contributed by atoms with van der Waals surface area (Å²) in [5.41, 5.74) is 6.12. The fraction of sp³-hybridized carbons (Fsp3) is 0.250. The van der Waals surface area contributed by atoms with Crippen molar-refractivity contribution in [2.75, 3.05) is 24.7 Å². The quantitative estimate of drug-likeness (QED) is 0.606. The van der Waals surface area contributed by atoms with E-state index >= 15 is 0 Å². The van der Waals surface area contributed by atoms with Crippen LogP contribution in [0.4, 0.5) is 11.4 Å². The van der Waals surface area contributed by atoms with Crippen molar-refractivity contribution in [2.45, 2.75) is 26.3 Å². The van der Waals surface area contributed by atoms with Crippen molar-refractivity contribution in [1.29, 1.82) is 0 Å². The summed E-state index contributed by atoms with van der Waals surface area (Å²) < 4.78 is 0. The molecule has 0 radical (unpaired) electrons. The molecule has 0 aromatic heterocycles. The van der Waals surface area contributed by atoms with Gasteiger partial charge in [-0.3, -0.25) is 19.4 Å². The smallest absolute Gasteiger partial charge is 0.278 e. The Morgan fingerprint density at radius 1 is 0.971 bits per heavy atom. The molecule has 2 aliphatic heterocycles. The Kier molecular flexibility index (Phi) is 6.23. The number of rotatable bonds is 6. The Bertz CT molecular complexity index is 1250. The van der Waals surface area contributed by atoms with E-state index in [1.54, 1.807) is 24.3 Å². The zero-order chi connectivity index (χ0) is 23.5. The van der Waals surface area contributed by atoms with E-state index in [9.17, 15) is 9.59 Å². The van der Waals surface area contributed by atoms with Gasteiger partial charge in [-0.15, -0.1) is 0 Å².